The third-order valence-electron chi connectivity index (χ3n) is 3.87. The Morgan fingerprint density at radius 1 is 1.39 bits per heavy atom. The second kappa shape index (κ2) is 6.05. The normalized spacial score (nSPS) is 18.3. The summed E-state index contributed by atoms with van der Waals surface area (Å²) in [5.74, 6) is 0.612. The third-order valence-corrected chi connectivity index (χ3v) is 3.87. The minimum Gasteiger partial charge on any atom is -0.480 e. The van der Waals surface area contributed by atoms with Crippen molar-refractivity contribution in [3.8, 4) is 5.88 Å². The molecule has 4 heteroatoms. The summed E-state index contributed by atoms with van der Waals surface area (Å²) in [6, 6.07) is 3.84. The molecule has 0 saturated heterocycles. The number of hydrogen-bond donors (Lipinski definition) is 2. The van der Waals surface area contributed by atoms with Crippen LogP contribution in [0.2, 0.25) is 0 Å². The summed E-state index contributed by atoms with van der Waals surface area (Å²) in [4.78, 5) is 4.16. The molecule has 1 saturated carbocycles. The van der Waals surface area contributed by atoms with Gasteiger partial charge in [-0.05, 0) is 25.0 Å². The quantitative estimate of drug-likeness (QED) is 0.842. The number of nitrogens with zero attached hydrogens (tertiary/aromatic N) is 1. The predicted molar refractivity (Wildman–Crippen MR) is 71.9 cm³/mol. The predicted octanol–water partition coefficient (Wildman–Crippen LogP) is 2.44. The van der Waals surface area contributed by atoms with E-state index < -0.39 is 0 Å². The number of hydrogen-bond acceptors (Lipinski definition) is 4. The smallest absolute Gasteiger partial charge is 0.237 e. The Morgan fingerprint density at radius 2 is 2.17 bits per heavy atom. The van der Waals surface area contributed by atoms with Crippen molar-refractivity contribution in [1.29, 1.82) is 0 Å². The van der Waals surface area contributed by atoms with Gasteiger partial charge in [-0.15, -0.1) is 0 Å². The molecule has 1 heterocycles. The van der Waals surface area contributed by atoms with Crippen LogP contribution in [0.15, 0.2) is 18.3 Å². The minimum absolute atomic E-state index is 0.0269. The van der Waals surface area contributed by atoms with Crippen LogP contribution >= 0.6 is 0 Å². The van der Waals surface area contributed by atoms with Crippen LogP contribution in [-0.2, 0) is 0 Å². The van der Waals surface area contributed by atoms with Crippen molar-refractivity contribution in [2.24, 2.45) is 5.41 Å². The van der Waals surface area contributed by atoms with Crippen molar-refractivity contribution in [2.75, 3.05) is 25.6 Å². The number of pyridine rings is 1. The number of rotatable bonds is 5. The molecule has 100 valence electrons. The van der Waals surface area contributed by atoms with E-state index in [1.807, 2.05) is 12.1 Å². The van der Waals surface area contributed by atoms with Crippen molar-refractivity contribution in [2.45, 2.75) is 32.1 Å². The van der Waals surface area contributed by atoms with Gasteiger partial charge in [-0.25, -0.2) is 4.98 Å². The molecule has 0 aromatic carbocycles. The number of aromatic nitrogens is 1. The summed E-state index contributed by atoms with van der Waals surface area (Å²) < 4.78 is 5.22. The zero-order valence-corrected chi connectivity index (χ0v) is 11.0. The highest BCUT2D eigenvalue weighted by Gasteiger charge is 2.31. The molecule has 2 rings (SSSR count). The zero-order valence-electron chi connectivity index (χ0n) is 11.0. The van der Waals surface area contributed by atoms with Gasteiger partial charge in [0.05, 0.1) is 19.4 Å². The Morgan fingerprint density at radius 3 is 2.83 bits per heavy atom. The number of nitrogens with one attached hydrogen (secondary N) is 1. The lowest BCUT2D eigenvalue weighted by molar-refractivity contribution is 0.0943. The van der Waals surface area contributed by atoms with Gasteiger partial charge < -0.3 is 15.2 Å². The Hall–Kier alpha value is -1.29. The van der Waals surface area contributed by atoms with E-state index in [0.29, 0.717) is 5.88 Å². The summed E-state index contributed by atoms with van der Waals surface area (Å²) in [5, 5.41) is 13.0. The highest BCUT2D eigenvalue weighted by Crippen LogP contribution is 2.36. The van der Waals surface area contributed by atoms with E-state index in [-0.39, 0.29) is 12.0 Å². The Labute approximate surface area is 108 Å². The number of aliphatic hydroxyl groups is 1. The largest absolute Gasteiger partial charge is 0.480 e. The lowest BCUT2D eigenvalue weighted by Crippen LogP contribution is -2.35. The molecule has 0 unspecified atom stereocenters. The summed E-state index contributed by atoms with van der Waals surface area (Å²) in [7, 11) is 1.62. The van der Waals surface area contributed by atoms with Crippen molar-refractivity contribution in [1.82, 2.24) is 4.98 Å². The molecule has 0 atom stereocenters. The fourth-order valence-corrected chi connectivity index (χ4v) is 2.66. The highest BCUT2D eigenvalue weighted by molar-refractivity contribution is 5.52. The molecule has 2 N–H and O–H groups in total. The molecule has 0 radical (unpaired) electrons. The molecule has 1 fully saturated rings. The summed E-state index contributed by atoms with van der Waals surface area (Å²) >= 11 is 0. The summed E-state index contributed by atoms with van der Waals surface area (Å²) in [6.07, 6.45) is 7.63. The first kappa shape index (κ1) is 13.1. The minimum atomic E-state index is 0.0269. The Bertz CT molecular complexity index is 376. The van der Waals surface area contributed by atoms with Crippen molar-refractivity contribution in [3.63, 3.8) is 0 Å². The van der Waals surface area contributed by atoms with Crippen LogP contribution in [-0.4, -0.2) is 30.4 Å². The molecule has 1 aromatic heterocycles. The topological polar surface area (TPSA) is 54.4 Å². The van der Waals surface area contributed by atoms with Crippen molar-refractivity contribution < 1.29 is 9.84 Å². The maximum Gasteiger partial charge on any atom is 0.237 e. The SMILES string of the molecule is COc1ncccc1NCC1(CO)CCCCC1. The monoisotopic (exact) mass is 250 g/mol. The van der Waals surface area contributed by atoms with Crippen LogP contribution in [0.3, 0.4) is 0 Å². The number of anilines is 1. The zero-order chi connectivity index (χ0) is 12.8. The van der Waals surface area contributed by atoms with E-state index in [1.165, 1.54) is 19.3 Å². The van der Waals surface area contributed by atoms with Gasteiger partial charge in [-0.2, -0.15) is 0 Å². The molecule has 1 aliphatic rings. The molecule has 4 nitrogen and oxygen atoms in total. The van der Waals surface area contributed by atoms with Gasteiger partial charge >= 0.3 is 0 Å². The summed E-state index contributed by atoms with van der Waals surface area (Å²) in [5.41, 5.74) is 0.928. The van der Waals surface area contributed by atoms with Crippen molar-refractivity contribution in [3.05, 3.63) is 18.3 Å². The molecule has 0 bridgehead atoms. The second-order valence-corrected chi connectivity index (χ2v) is 5.13. The first-order valence-electron chi connectivity index (χ1n) is 6.63. The molecule has 0 aliphatic heterocycles. The lowest BCUT2D eigenvalue weighted by atomic mass is 9.74. The standard InChI is InChI=1S/C14H22N2O2/c1-18-13-12(6-5-9-15-13)16-10-14(11-17)7-3-2-4-8-14/h5-6,9,16-17H,2-4,7-8,10-11H2,1H3. The Kier molecular flexibility index (Phi) is 4.42. The van der Waals surface area contributed by atoms with E-state index in [1.54, 1.807) is 13.3 Å². The van der Waals surface area contributed by atoms with Gasteiger partial charge in [0, 0.05) is 18.2 Å². The van der Waals surface area contributed by atoms with Gasteiger partial charge in [0.1, 0.15) is 0 Å². The molecule has 0 amide bonds. The third kappa shape index (κ3) is 2.93. The van der Waals surface area contributed by atoms with Crippen LogP contribution in [0.5, 0.6) is 5.88 Å². The maximum absolute atomic E-state index is 9.66. The van der Waals surface area contributed by atoms with Crippen LogP contribution in [0.25, 0.3) is 0 Å². The number of ether oxygens (including phenoxy) is 1. The van der Waals surface area contributed by atoms with Gasteiger partial charge in [0.25, 0.3) is 0 Å². The summed E-state index contributed by atoms with van der Waals surface area (Å²) in [6.45, 7) is 1.04. The van der Waals surface area contributed by atoms with Gasteiger partial charge in [0.15, 0.2) is 0 Å². The van der Waals surface area contributed by atoms with E-state index in [2.05, 4.69) is 10.3 Å². The van der Waals surface area contributed by atoms with Crippen LogP contribution in [0.1, 0.15) is 32.1 Å². The van der Waals surface area contributed by atoms with E-state index in [4.69, 9.17) is 4.74 Å². The van der Waals surface area contributed by atoms with Gasteiger partial charge in [0.2, 0.25) is 5.88 Å². The Balaban J connectivity index is 2.01. The van der Waals surface area contributed by atoms with Crippen LogP contribution in [0, 0.1) is 5.41 Å². The molecule has 0 spiro atoms. The fraction of sp³-hybridized carbons (Fsp3) is 0.643. The fourth-order valence-electron chi connectivity index (χ4n) is 2.66. The first-order chi connectivity index (χ1) is 8.79. The van der Waals surface area contributed by atoms with E-state index in [9.17, 15) is 5.11 Å². The number of methoxy groups -OCH3 is 1. The van der Waals surface area contributed by atoms with Crippen LogP contribution in [0.4, 0.5) is 5.69 Å². The van der Waals surface area contributed by atoms with Crippen molar-refractivity contribution >= 4 is 5.69 Å². The maximum atomic E-state index is 9.66. The number of aliphatic hydroxyl groups excluding tert-OH is 1. The van der Waals surface area contributed by atoms with Gasteiger partial charge in [-0.3, -0.25) is 0 Å². The molecule has 1 aliphatic carbocycles. The lowest BCUT2D eigenvalue weighted by Gasteiger charge is -2.36. The molecule has 18 heavy (non-hydrogen) atoms. The van der Waals surface area contributed by atoms with Crippen LogP contribution < -0.4 is 10.1 Å². The average molecular weight is 250 g/mol. The van der Waals surface area contributed by atoms with E-state index in [0.717, 1.165) is 25.1 Å². The average Bonchev–Trinajstić information content (AvgIpc) is 2.46. The molecular formula is C14H22N2O2. The molecule has 1 aromatic rings. The first-order valence-corrected chi connectivity index (χ1v) is 6.63. The highest BCUT2D eigenvalue weighted by atomic mass is 16.5. The molecular weight excluding hydrogens is 228 g/mol. The van der Waals surface area contributed by atoms with Gasteiger partial charge in [-0.1, -0.05) is 19.3 Å². The second-order valence-electron chi connectivity index (χ2n) is 5.13. The van der Waals surface area contributed by atoms with E-state index >= 15 is 0 Å².